The zero-order valence-corrected chi connectivity index (χ0v) is 14.2. The molecule has 0 aromatic heterocycles. The second kappa shape index (κ2) is 7.34. The SMILES string of the molecule is Cc1ccc(CN2C(=O)CCC2C(=O)NC2CCC(O)CC2)cc1. The van der Waals surface area contributed by atoms with E-state index in [1.165, 1.54) is 5.56 Å². The molecule has 0 bridgehead atoms. The van der Waals surface area contributed by atoms with Crippen LogP contribution in [0.25, 0.3) is 0 Å². The third-order valence-electron chi connectivity index (χ3n) is 5.15. The van der Waals surface area contributed by atoms with Gasteiger partial charge in [-0.25, -0.2) is 0 Å². The molecule has 2 aliphatic rings. The molecule has 1 saturated carbocycles. The molecule has 1 unspecified atom stereocenters. The van der Waals surface area contributed by atoms with Crippen LogP contribution in [-0.4, -0.2) is 40.0 Å². The highest BCUT2D eigenvalue weighted by Crippen LogP contribution is 2.24. The van der Waals surface area contributed by atoms with Gasteiger partial charge in [0.15, 0.2) is 0 Å². The summed E-state index contributed by atoms with van der Waals surface area (Å²) in [6.45, 7) is 2.52. The predicted molar refractivity (Wildman–Crippen MR) is 91.2 cm³/mol. The Morgan fingerprint density at radius 3 is 2.50 bits per heavy atom. The summed E-state index contributed by atoms with van der Waals surface area (Å²) in [5.74, 6) is 0.00384. The largest absolute Gasteiger partial charge is 0.393 e. The maximum absolute atomic E-state index is 12.6. The Hall–Kier alpha value is -1.88. The molecule has 1 saturated heterocycles. The molecule has 1 aromatic carbocycles. The lowest BCUT2D eigenvalue weighted by atomic mass is 9.93. The topological polar surface area (TPSA) is 69.6 Å². The molecule has 130 valence electrons. The van der Waals surface area contributed by atoms with Crippen molar-refractivity contribution in [2.45, 2.75) is 70.2 Å². The number of aliphatic hydroxyl groups excluding tert-OH is 1. The van der Waals surface area contributed by atoms with Gasteiger partial charge in [-0.1, -0.05) is 29.8 Å². The minimum absolute atomic E-state index is 0.0469. The highest BCUT2D eigenvalue weighted by atomic mass is 16.3. The smallest absolute Gasteiger partial charge is 0.243 e. The van der Waals surface area contributed by atoms with Crippen LogP contribution in [0, 0.1) is 6.92 Å². The van der Waals surface area contributed by atoms with Crippen LogP contribution in [0.4, 0.5) is 0 Å². The average molecular weight is 330 g/mol. The number of hydrogen-bond donors (Lipinski definition) is 2. The molecular formula is C19H26N2O3. The summed E-state index contributed by atoms with van der Waals surface area (Å²) in [7, 11) is 0. The van der Waals surface area contributed by atoms with E-state index >= 15 is 0 Å². The van der Waals surface area contributed by atoms with E-state index in [0.29, 0.717) is 19.4 Å². The summed E-state index contributed by atoms with van der Waals surface area (Å²) in [5, 5.41) is 12.7. The Kier molecular flexibility index (Phi) is 5.19. The van der Waals surface area contributed by atoms with E-state index in [-0.39, 0.29) is 30.0 Å². The van der Waals surface area contributed by atoms with Crippen LogP contribution in [0.3, 0.4) is 0 Å². The zero-order valence-electron chi connectivity index (χ0n) is 14.2. The van der Waals surface area contributed by atoms with E-state index in [4.69, 9.17) is 0 Å². The highest BCUT2D eigenvalue weighted by Gasteiger charge is 2.36. The summed E-state index contributed by atoms with van der Waals surface area (Å²) in [6.07, 6.45) is 3.89. The van der Waals surface area contributed by atoms with E-state index in [9.17, 15) is 14.7 Å². The molecular weight excluding hydrogens is 304 g/mol. The van der Waals surface area contributed by atoms with Gasteiger partial charge in [-0.3, -0.25) is 9.59 Å². The number of aryl methyl sites for hydroxylation is 1. The monoisotopic (exact) mass is 330 g/mol. The van der Waals surface area contributed by atoms with Gasteiger partial charge in [0, 0.05) is 19.0 Å². The molecule has 0 spiro atoms. The first-order chi connectivity index (χ1) is 11.5. The van der Waals surface area contributed by atoms with Gasteiger partial charge in [0.1, 0.15) is 6.04 Å². The van der Waals surface area contributed by atoms with E-state index in [1.807, 2.05) is 31.2 Å². The number of nitrogens with one attached hydrogen (secondary N) is 1. The third kappa shape index (κ3) is 3.96. The molecule has 5 heteroatoms. The molecule has 1 aromatic rings. The average Bonchev–Trinajstić information content (AvgIpc) is 2.93. The van der Waals surface area contributed by atoms with Gasteiger partial charge in [0.25, 0.3) is 0 Å². The number of benzene rings is 1. The third-order valence-corrected chi connectivity index (χ3v) is 5.15. The van der Waals surface area contributed by atoms with Gasteiger partial charge in [0.2, 0.25) is 11.8 Å². The van der Waals surface area contributed by atoms with Crippen molar-refractivity contribution in [2.75, 3.05) is 0 Å². The molecule has 5 nitrogen and oxygen atoms in total. The first-order valence-electron chi connectivity index (χ1n) is 8.86. The number of carbonyl (C=O) groups excluding carboxylic acids is 2. The van der Waals surface area contributed by atoms with Crippen LogP contribution < -0.4 is 5.32 Å². The lowest BCUT2D eigenvalue weighted by Gasteiger charge is -2.29. The van der Waals surface area contributed by atoms with Crippen LogP contribution in [-0.2, 0) is 16.1 Å². The van der Waals surface area contributed by atoms with E-state index in [1.54, 1.807) is 4.90 Å². The molecule has 1 aliphatic carbocycles. The number of nitrogens with zero attached hydrogens (tertiary/aromatic N) is 1. The van der Waals surface area contributed by atoms with Crippen LogP contribution in [0.5, 0.6) is 0 Å². The number of carbonyl (C=O) groups is 2. The van der Waals surface area contributed by atoms with Crippen molar-refractivity contribution < 1.29 is 14.7 Å². The molecule has 2 fully saturated rings. The molecule has 1 heterocycles. The van der Waals surface area contributed by atoms with Crippen LogP contribution in [0.2, 0.25) is 0 Å². The number of hydrogen-bond acceptors (Lipinski definition) is 3. The van der Waals surface area contributed by atoms with Gasteiger partial charge >= 0.3 is 0 Å². The number of rotatable bonds is 4. The number of aliphatic hydroxyl groups is 1. The predicted octanol–water partition coefficient (Wildman–Crippen LogP) is 1.91. The van der Waals surface area contributed by atoms with Gasteiger partial charge < -0.3 is 15.3 Å². The number of amides is 2. The zero-order chi connectivity index (χ0) is 17.1. The normalized spacial score (nSPS) is 27.3. The second-order valence-electron chi connectivity index (χ2n) is 7.08. The molecule has 1 atom stereocenters. The summed E-state index contributed by atoms with van der Waals surface area (Å²) in [6, 6.07) is 7.83. The minimum Gasteiger partial charge on any atom is -0.393 e. The Balaban J connectivity index is 1.61. The molecule has 3 rings (SSSR count). The van der Waals surface area contributed by atoms with Gasteiger partial charge in [-0.15, -0.1) is 0 Å². The van der Waals surface area contributed by atoms with Crippen molar-refractivity contribution in [1.82, 2.24) is 10.2 Å². The summed E-state index contributed by atoms with van der Waals surface area (Å²) >= 11 is 0. The van der Waals surface area contributed by atoms with Gasteiger partial charge in [0.05, 0.1) is 6.10 Å². The minimum atomic E-state index is -0.370. The first kappa shape index (κ1) is 17.0. The Morgan fingerprint density at radius 1 is 1.17 bits per heavy atom. The molecule has 2 amide bonds. The van der Waals surface area contributed by atoms with Gasteiger partial charge in [-0.2, -0.15) is 0 Å². The summed E-state index contributed by atoms with van der Waals surface area (Å²) in [4.78, 5) is 26.5. The maximum atomic E-state index is 12.6. The van der Waals surface area contributed by atoms with Crippen molar-refractivity contribution in [2.24, 2.45) is 0 Å². The van der Waals surface area contributed by atoms with Crippen LogP contribution in [0.15, 0.2) is 24.3 Å². The first-order valence-corrected chi connectivity index (χ1v) is 8.86. The van der Waals surface area contributed by atoms with E-state index in [2.05, 4.69) is 5.32 Å². The summed E-state index contributed by atoms with van der Waals surface area (Å²) in [5.41, 5.74) is 2.23. The molecule has 0 radical (unpaired) electrons. The van der Waals surface area contributed by atoms with Gasteiger partial charge in [-0.05, 0) is 44.6 Å². The molecule has 24 heavy (non-hydrogen) atoms. The van der Waals surface area contributed by atoms with Crippen molar-refractivity contribution in [1.29, 1.82) is 0 Å². The molecule has 1 aliphatic heterocycles. The van der Waals surface area contributed by atoms with E-state index in [0.717, 1.165) is 31.2 Å². The Bertz CT molecular complexity index is 591. The Morgan fingerprint density at radius 2 is 1.83 bits per heavy atom. The fraction of sp³-hybridized carbons (Fsp3) is 0.579. The quantitative estimate of drug-likeness (QED) is 0.886. The van der Waals surface area contributed by atoms with E-state index < -0.39 is 0 Å². The maximum Gasteiger partial charge on any atom is 0.243 e. The second-order valence-corrected chi connectivity index (χ2v) is 7.08. The lowest BCUT2D eigenvalue weighted by Crippen LogP contribution is -2.48. The highest BCUT2D eigenvalue weighted by molar-refractivity contribution is 5.91. The van der Waals surface area contributed by atoms with Crippen molar-refractivity contribution in [3.05, 3.63) is 35.4 Å². The van der Waals surface area contributed by atoms with Crippen LogP contribution >= 0.6 is 0 Å². The summed E-state index contributed by atoms with van der Waals surface area (Å²) < 4.78 is 0. The van der Waals surface area contributed by atoms with Crippen molar-refractivity contribution in [3.8, 4) is 0 Å². The molecule has 2 N–H and O–H groups in total. The van der Waals surface area contributed by atoms with Crippen LogP contribution in [0.1, 0.15) is 49.7 Å². The fourth-order valence-electron chi connectivity index (χ4n) is 3.61. The number of likely N-dealkylation sites (tertiary alicyclic amines) is 1. The lowest BCUT2D eigenvalue weighted by molar-refractivity contribution is -0.136. The van der Waals surface area contributed by atoms with Crippen molar-refractivity contribution >= 4 is 11.8 Å². The Labute approximate surface area is 143 Å². The fourth-order valence-corrected chi connectivity index (χ4v) is 3.61. The van der Waals surface area contributed by atoms with Crippen molar-refractivity contribution in [3.63, 3.8) is 0 Å². The standard InChI is InChI=1S/C19H26N2O3/c1-13-2-4-14(5-3-13)12-21-17(10-11-18(21)23)19(24)20-15-6-8-16(22)9-7-15/h2-5,15-17,22H,6-12H2,1H3,(H,20,24).